The quantitative estimate of drug-likeness (QED) is 0.0345. The van der Waals surface area contributed by atoms with Gasteiger partial charge in [-0.2, -0.15) is 0 Å². The molecule has 0 rings (SSSR count). The van der Waals surface area contributed by atoms with Gasteiger partial charge in [0.25, 0.3) is 0 Å². The van der Waals surface area contributed by atoms with Crippen LogP contribution in [0, 0.1) is 0 Å². The number of carbonyl (C=O) groups excluding carboxylic acids is 2. The molecule has 0 heterocycles. The highest BCUT2D eigenvalue weighted by Gasteiger charge is 2.18. The molecule has 0 N–H and O–H groups in total. The Bertz CT molecular complexity index is 1060. The molecule has 0 aliphatic heterocycles. The number of esters is 2. The van der Waals surface area contributed by atoms with E-state index in [1.807, 2.05) is 0 Å². The molecule has 0 bridgehead atoms. The molecule has 0 saturated heterocycles. The van der Waals surface area contributed by atoms with Crippen LogP contribution < -0.4 is 0 Å². The molecule has 0 radical (unpaired) electrons. The van der Waals surface area contributed by atoms with Crippen molar-refractivity contribution in [2.75, 3.05) is 19.8 Å². The summed E-state index contributed by atoms with van der Waals surface area (Å²) in [5.74, 6) is -0.364. The predicted molar refractivity (Wildman–Crippen MR) is 316 cm³/mol. The molecule has 0 amide bonds. The first-order valence-corrected chi connectivity index (χ1v) is 33.2. The van der Waals surface area contributed by atoms with Crippen LogP contribution in [-0.4, -0.2) is 37.9 Å². The predicted octanol–water partition coefficient (Wildman–Crippen LogP) is 22.9. The highest BCUT2D eigenvalue weighted by Crippen LogP contribution is 2.18. The Morgan fingerprint density at radius 1 is 0.292 bits per heavy atom. The Hall–Kier alpha value is -1.36. The lowest BCUT2D eigenvalue weighted by molar-refractivity contribution is -0.163. The van der Waals surface area contributed by atoms with Crippen LogP contribution in [0.4, 0.5) is 0 Å². The van der Waals surface area contributed by atoms with Crippen LogP contribution in [0.3, 0.4) is 0 Å². The normalized spacial score (nSPS) is 12.1. The topological polar surface area (TPSA) is 61.8 Å². The highest BCUT2D eigenvalue weighted by molar-refractivity contribution is 5.70. The van der Waals surface area contributed by atoms with Crippen molar-refractivity contribution in [2.45, 2.75) is 386 Å². The zero-order valence-corrected chi connectivity index (χ0v) is 49.5. The van der Waals surface area contributed by atoms with Crippen LogP contribution in [-0.2, 0) is 23.8 Å². The van der Waals surface area contributed by atoms with Crippen molar-refractivity contribution < 1.29 is 23.8 Å². The lowest BCUT2D eigenvalue weighted by Crippen LogP contribution is -2.30. The van der Waals surface area contributed by atoms with Crippen molar-refractivity contribution in [1.29, 1.82) is 0 Å². The summed E-state index contributed by atoms with van der Waals surface area (Å²) in [6, 6.07) is 0. The Kier molecular flexibility index (Phi) is 62.7. The average Bonchev–Trinajstić information content (AvgIpc) is 3.38. The summed E-state index contributed by atoms with van der Waals surface area (Å²) in [4.78, 5) is 25.7. The molecule has 0 saturated carbocycles. The third-order valence-corrected chi connectivity index (χ3v) is 15.3. The van der Waals surface area contributed by atoms with Gasteiger partial charge in [0.2, 0.25) is 0 Å². The van der Waals surface area contributed by atoms with Crippen LogP contribution in [0.25, 0.3) is 0 Å². The molecule has 5 heteroatoms. The van der Waals surface area contributed by atoms with Gasteiger partial charge in [-0.1, -0.05) is 335 Å². The van der Waals surface area contributed by atoms with E-state index in [1.54, 1.807) is 0 Å². The largest absolute Gasteiger partial charge is 0.462 e. The molecule has 0 aliphatic carbocycles. The Labute approximate surface area is 452 Å². The van der Waals surface area contributed by atoms with E-state index in [-0.39, 0.29) is 18.5 Å². The monoisotopic (exact) mass is 1010 g/mol. The van der Waals surface area contributed by atoms with Gasteiger partial charge in [-0.05, 0) is 44.9 Å². The molecule has 0 aromatic heterocycles. The lowest BCUT2D eigenvalue weighted by Gasteiger charge is -2.18. The molecule has 0 fully saturated rings. The molecule has 72 heavy (non-hydrogen) atoms. The molecule has 1 unspecified atom stereocenters. The summed E-state index contributed by atoms with van der Waals surface area (Å²) < 4.78 is 17.6. The molecular weight excluding hydrogens is 885 g/mol. The number of carbonyl (C=O) groups is 2. The van der Waals surface area contributed by atoms with Gasteiger partial charge in [-0.3, -0.25) is 9.59 Å². The molecule has 5 nitrogen and oxygen atoms in total. The maximum atomic E-state index is 12.9. The van der Waals surface area contributed by atoms with Crippen molar-refractivity contribution in [3.63, 3.8) is 0 Å². The van der Waals surface area contributed by atoms with E-state index < -0.39 is 6.10 Å². The van der Waals surface area contributed by atoms with Crippen LogP contribution in [0.5, 0.6) is 0 Å². The smallest absolute Gasteiger partial charge is 0.306 e. The maximum Gasteiger partial charge on any atom is 0.306 e. The number of hydrogen-bond acceptors (Lipinski definition) is 5. The van der Waals surface area contributed by atoms with Crippen molar-refractivity contribution in [3.05, 3.63) is 12.2 Å². The highest BCUT2D eigenvalue weighted by atomic mass is 16.6. The molecule has 0 aromatic carbocycles. The van der Waals surface area contributed by atoms with E-state index in [9.17, 15) is 9.59 Å². The summed E-state index contributed by atoms with van der Waals surface area (Å²) in [6.45, 7) is 7.92. The zero-order chi connectivity index (χ0) is 52.0. The molecular formula is C67H130O5. The molecule has 0 aromatic rings. The minimum atomic E-state index is -0.530. The van der Waals surface area contributed by atoms with Crippen molar-refractivity contribution >= 4 is 11.9 Å². The number of allylic oxidation sites excluding steroid dienone is 2. The second kappa shape index (κ2) is 63.9. The van der Waals surface area contributed by atoms with Crippen LogP contribution in [0.15, 0.2) is 12.2 Å². The Morgan fingerprint density at radius 3 is 0.847 bits per heavy atom. The molecule has 428 valence electrons. The standard InChI is InChI=1S/C67H130O5/c1-4-7-10-13-16-19-22-25-28-31-34-36-39-42-45-48-51-54-57-60-66(68)71-64-65(63-70-62-59-56-53-50-47-44-41-38-33-30-27-24-21-18-15-12-9-6-3)72-67(69)61-58-55-52-49-46-43-40-37-35-32-29-26-23-20-17-14-11-8-5-2/h27,30,65H,4-26,28-29,31-64H2,1-3H3/b30-27-. The van der Waals surface area contributed by atoms with Crippen molar-refractivity contribution in [3.8, 4) is 0 Å². The minimum absolute atomic E-state index is 0.0950. The van der Waals surface area contributed by atoms with E-state index >= 15 is 0 Å². The Morgan fingerprint density at radius 2 is 0.542 bits per heavy atom. The third-order valence-electron chi connectivity index (χ3n) is 15.3. The van der Waals surface area contributed by atoms with Crippen LogP contribution in [0.2, 0.25) is 0 Å². The van der Waals surface area contributed by atoms with Gasteiger partial charge < -0.3 is 14.2 Å². The van der Waals surface area contributed by atoms with Gasteiger partial charge in [0.1, 0.15) is 6.61 Å². The van der Waals surface area contributed by atoms with Crippen LogP contribution >= 0.6 is 0 Å². The summed E-state index contributed by atoms with van der Waals surface area (Å²) >= 11 is 0. The second-order valence-corrected chi connectivity index (χ2v) is 22.7. The zero-order valence-electron chi connectivity index (χ0n) is 49.5. The number of rotatable bonds is 63. The molecule has 0 spiro atoms. The fraction of sp³-hybridized carbons (Fsp3) is 0.940. The first kappa shape index (κ1) is 70.6. The van der Waals surface area contributed by atoms with E-state index in [4.69, 9.17) is 14.2 Å². The van der Waals surface area contributed by atoms with E-state index in [0.29, 0.717) is 26.1 Å². The first-order chi connectivity index (χ1) is 35.6. The average molecular weight is 1020 g/mol. The SMILES string of the molecule is CCCCCCCC/C=C\CCCCCCCCCCOCC(COC(=O)CCCCCCCCCCCCCCCCCCCCC)OC(=O)CCCCCCCCCCCCCCCCCCCCC. The molecule has 1 atom stereocenters. The van der Waals surface area contributed by atoms with Crippen molar-refractivity contribution in [1.82, 2.24) is 0 Å². The third kappa shape index (κ3) is 61.2. The van der Waals surface area contributed by atoms with E-state index in [0.717, 1.165) is 32.1 Å². The molecule has 0 aliphatic rings. The maximum absolute atomic E-state index is 12.9. The van der Waals surface area contributed by atoms with E-state index in [2.05, 4.69) is 32.9 Å². The van der Waals surface area contributed by atoms with Gasteiger partial charge in [0, 0.05) is 19.4 Å². The number of unbranched alkanes of at least 4 members (excludes halogenated alkanes) is 50. The van der Waals surface area contributed by atoms with Crippen molar-refractivity contribution in [2.24, 2.45) is 0 Å². The first-order valence-electron chi connectivity index (χ1n) is 33.2. The number of hydrogen-bond donors (Lipinski definition) is 0. The lowest BCUT2D eigenvalue weighted by atomic mass is 10.0. The Balaban J connectivity index is 4.20. The van der Waals surface area contributed by atoms with Gasteiger partial charge in [-0.15, -0.1) is 0 Å². The summed E-state index contributed by atoms with van der Waals surface area (Å²) in [5, 5.41) is 0. The fourth-order valence-corrected chi connectivity index (χ4v) is 10.3. The van der Waals surface area contributed by atoms with Gasteiger partial charge in [0.15, 0.2) is 6.10 Å². The summed E-state index contributed by atoms with van der Waals surface area (Å²) in [5.41, 5.74) is 0. The minimum Gasteiger partial charge on any atom is -0.462 e. The van der Waals surface area contributed by atoms with E-state index in [1.165, 1.54) is 315 Å². The number of ether oxygens (including phenoxy) is 3. The fourth-order valence-electron chi connectivity index (χ4n) is 10.3. The van der Waals surface area contributed by atoms with Gasteiger partial charge in [0.05, 0.1) is 6.61 Å². The second-order valence-electron chi connectivity index (χ2n) is 22.7. The van der Waals surface area contributed by atoms with Crippen LogP contribution in [0.1, 0.15) is 380 Å². The van der Waals surface area contributed by atoms with Gasteiger partial charge >= 0.3 is 11.9 Å². The van der Waals surface area contributed by atoms with Gasteiger partial charge in [-0.25, -0.2) is 0 Å². The summed E-state index contributed by atoms with van der Waals surface area (Å²) in [7, 11) is 0. The summed E-state index contributed by atoms with van der Waals surface area (Å²) in [6.07, 6.45) is 76.9.